The Balaban J connectivity index is 1.47. The average Bonchev–Trinajstić information content (AvgIpc) is 3.48. The first-order valence-electron chi connectivity index (χ1n) is 12.3. The number of nitrogens with one attached hydrogen (secondary N) is 1. The zero-order valence-corrected chi connectivity index (χ0v) is 20.7. The summed E-state index contributed by atoms with van der Waals surface area (Å²) in [4.78, 5) is 4.89. The van der Waals surface area contributed by atoms with Crippen LogP contribution < -0.4 is 0 Å². The first kappa shape index (κ1) is 23.8. The first-order valence-corrected chi connectivity index (χ1v) is 12.3. The van der Waals surface area contributed by atoms with E-state index in [0.717, 1.165) is 55.9 Å². The molecule has 0 radical (unpaired) electrons. The molecular weight excluding hydrogens is 422 g/mol. The third kappa shape index (κ3) is 6.37. The molecule has 7 nitrogen and oxygen atoms in total. The molecule has 0 spiro atoms. The maximum absolute atomic E-state index is 4.89. The minimum atomic E-state index is 0.652. The zero-order valence-electron chi connectivity index (χ0n) is 20.7. The van der Waals surface area contributed by atoms with Crippen molar-refractivity contribution in [2.24, 2.45) is 11.8 Å². The lowest BCUT2D eigenvalue weighted by Crippen LogP contribution is -2.08. The number of nitrogens with zero attached hydrogens (tertiary/aromatic N) is 6. The number of benzene rings is 2. The van der Waals surface area contributed by atoms with E-state index in [1.807, 2.05) is 12.1 Å². The molecule has 0 saturated heterocycles. The van der Waals surface area contributed by atoms with E-state index in [-0.39, 0.29) is 0 Å². The molecule has 4 rings (SSSR count). The van der Waals surface area contributed by atoms with Crippen LogP contribution in [0.2, 0.25) is 0 Å². The Morgan fingerprint density at radius 1 is 0.853 bits per heavy atom. The quantitative estimate of drug-likeness (QED) is 0.331. The number of H-pyrrole nitrogens is 1. The van der Waals surface area contributed by atoms with Gasteiger partial charge in [0.25, 0.3) is 0 Å². The summed E-state index contributed by atoms with van der Waals surface area (Å²) in [7, 11) is 0. The van der Waals surface area contributed by atoms with Crippen molar-refractivity contribution < 1.29 is 0 Å². The number of aryl methyl sites for hydroxylation is 2. The fourth-order valence-corrected chi connectivity index (χ4v) is 4.01. The van der Waals surface area contributed by atoms with Crippen molar-refractivity contribution in [2.75, 3.05) is 0 Å². The van der Waals surface area contributed by atoms with Crippen LogP contribution in [0.5, 0.6) is 0 Å². The number of aromatic amines is 1. The van der Waals surface area contributed by atoms with Gasteiger partial charge in [-0.15, -0.1) is 5.10 Å². The Hall–Kier alpha value is -3.35. The van der Waals surface area contributed by atoms with Crippen molar-refractivity contribution in [3.8, 4) is 11.4 Å². The Kier molecular flexibility index (Phi) is 7.83. The summed E-state index contributed by atoms with van der Waals surface area (Å²) in [5.74, 6) is 4.08. The van der Waals surface area contributed by atoms with Gasteiger partial charge in [-0.3, -0.25) is 0 Å². The molecule has 34 heavy (non-hydrogen) atoms. The molecule has 2 heterocycles. The molecule has 178 valence electrons. The van der Waals surface area contributed by atoms with Crippen LogP contribution in [0.4, 0.5) is 0 Å². The zero-order chi connectivity index (χ0) is 23.9. The van der Waals surface area contributed by atoms with E-state index >= 15 is 0 Å². The largest absolute Gasteiger partial charge is 0.245 e. The predicted octanol–water partition coefficient (Wildman–Crippen LogP) is 5.27. The van der Waals surface area contributed by atoms with Crippen molar-refractivity contribution in [3.63, 3.8) is 0 Å². The number of hydrogen-bond donors (Lipinski definition) is 1. The lowest BCUT2D eigenvalue weighted by molar-refractivity contribution is 0.545. The van der Waals surface area contributed by atoms with Gasteiger partial charge in [0.05, 0.1) is 6.54 Å². The molecule has 1 N–H and O–H groups in total. The lowest BCUT2D eigenvalue weighted by Gasteiger charge is -2.10. The fraction of sp³-hybridized carbons (Fsp3) is 0.444. The summed E-state index contributed by atoms with van der Waals surface area (Å²) in [5, 5.41) is 19.2. The second-order valence-electron chi connectivity index (χ2n) is 9.87. The van der Waals surface area contributed by atoms with Gasteiger partial charge in [-0.2, -0.15) is 5.10 Å². The van der Waals surface area contributed by atoms with E-state index in [4.69, 9.17) is 10.1 Å². The summed E-state index contributed by atoms with van der Waals surface area (Å²) in [6, 6.07) is 17.1. The molecule has 0 aliphatic carbocycles. The van der Waals surface area contributed by atoms with E-state index in [1.165, 1.54) is 16.7 Å². The molecule has 2 aromatic heterocycles. The average molecular weight is 458 g/mol. The predicted molar refractivity (Wildman–Crippen MR) is 134 cm³/mol. The second kappa shape index (κ2) is 11.2. The second-order valence-corrected chi connectivity index (χ2v) is 9.87. The number of hydrogen-bond acceptors (Lipinski definition) is 5. The van der Waals surface area contributed by atoms with Gasteiger partial charge in [-0.1, -0.05) is 76.2 Å². The van der Waals surface area contributed by atoms with Crippen LogP contribution in [0.1, 0.15) is 68.9 Å². The Morgan fingerprint density at radius 3 is 2.26 bits per heavy atom. The highest BCUT2D eigenvalue weighted by atomic mass is 15.5. The number of aromatic nitrogens is 7. The molecule has 7 heteroatoms. The lowest BCUT2D eigenvalue weighted by atomic mass is 9.98. The van der Waals surface area contributed by atoms with Gasteiger partial charge in [-0.25, -0.2) is 14.8 Å². The van der Waals surface area contributed by atoms with E-state index in [2.05, 4.69) is 89.4 Å². The van der Waals surface area contributed by atoms with Crippen LogP contribution in [0.3, 0.4) is 0 Å². The van der Waals surface area contributed by atoms with Crippen molar-refractivity contribution in [1.29, 1.82) is 0 Å². The van der Waals surface area contributed by atoms with Crippen molar-refractivity contribution in [1.82, 2.24) is 35.4 Å². The normalized spacial score (nSPS) is 11.6. The van der Waals surface area contributed by atoms with Gasteiger partial charge in [0.2, 0.25) is 0 Å². The molecule has 0 amide bonds. The van der Waals surface area contributed by atoms with Gasteiger partial charge in [-0.05, 0) is 58.2 Å². The van der Waals surface area contributed by atoms with E-state index in [1.54, 1.807) is 0 Å². The van der Waals surface area contributed by atoms with Crippen molar-refractivity contribution in [3.05, 3.63) is 76.9 Å². The molecule has 0 unspecified atom stereocenters. The maximum atomic E-state index is 4.89. The first-order chi connectivity index (χ1) is 16.5. The van der Waals surface area contributed by atoms with E-state index < -0.39 is 0 Å². The highest BCUT2D eigenvalue weighted by molar-refractivity contribution is 5.60. The van der Waals surface area contributed by atoms with Gasteiger partial charge in [0.1, 0.15) is 5.82 Å². The highest BCUT2D eigenvalue weighted by Gasteiger charge is 2.13. The summed E-state index contributed by atoms with van der Waals surface area (Å²) >= 11 is 0. The summed E-state index contributed by atoms with van der Waals surface area (Å²) in [5.41, 5.74) is 4.71. The minimum absolute atomic E-state index is 0.652. The molecule has 0 aliphatic heterocycles. The third-order valence-corrected chi connectivity index (χ3v) is 6.05. The summed E-state index contributed by atoms with van der Waals surface area (Å²) < 4.78 is 2.11. The third-order valence-electron chi connectivity index (χ3n) is 6.05. The number of tetrazole rings is 1. The van der Waals surface area contributed by atoms with Crippen LogP contribution in [0.15, 0.2) is 48.5 Å². The van der Waals surface area contributed by atoms with Crippen LogP contribution >= 0.6 is 0 Å². The monoisotopic (exact) mass is 457 g/mol. The Morgan fingerprint density at radius 2 is 1.56 bits per heavy atom. The molecule has 0 bridgehead atoms. The van der Waals surface area contributed by atoms with Crippen LogP contribution in [0, 0.1) is 11.8 Å². The van der Waals surface area contributed by atoms with E-state index in [0.29, 0.717) is 17.7 Å². The Labute approximate surface area is 202 Å². The standard InChI is InChI=1S/C27H35N7/c1-19(2)9-15-25-28-26(16-10-20(3)4)34(31-25)18-22-13-11-21(12-14-22)17-23-7-5-6-8-24(23)27-29-32-33-30-27/h5-8,11-14,19-20H,9-10,15-18H2,1-4H3,(H,29,30,32,33). The van der Waals surface area contributed by atoms with Crippen LogP contribution in [-0.2, 0) is 25.8 Å². The van der Waals surface area contributed by atoms with Crippen LogP contribution in [-0.4, -0.2) is 35.4 Å². The molecule has 0 saturated carbocycles. The molecule has 2 aromatic carbocycles. The Bertz CT molecular complexity index is 1160. The summed E-state index contributed by atoms with van der Waals surface area (Å²) in [6.45, 7) is 9.77. The molecular formula is C27H35N7. The van der Waals surface area contributed by atoms with Gasteiger partial charge < -0.3 is 0 Å². The minimum Gasteiger partial charge on any atom is -0.245 e. The van der Waals surface area contributed by atoms with E-state index in [9.17, 15) is 0 Å². The van der Waals surface area contributed by atoms with Crippen molar-refractivity contribution in [2.45, 2.75) is 66.3 Å². The molecule has 0 atom stereocenters. The van der Waals surface area contributed by atoms with Crippen molar-refractivity contribution >= 4 is 0 Å². The van der Waals surface area contributed by atoms with Gasteiger partial charge in [0.15, 0.2) is 11.6 Å². The van der Waals surface area contributed by atoms with Crippen LogP contribution in [0.25, 0.3) is 11.4 Å². The fourth-order valence-electron chi connectivity index (χ4n) is 4.01. The van der Waals surface area contributed by atoms with Gasteiger partial charge in [0, 0.05) is 18.4 Å². The molecule has 0 fully saturated rings. The number of rotatable bonds is 11. The smallest absolute Gasteiger partial charge is 0.179 e. The topological polar surface area (TPSA) is 85.2 Å². The molecule has 0 aliphatic rings. The van der Waals surface area contributed by atoms with Gasteiger partial charge >= 0.3 is 0 Å². The SMILES string of the molecule is CC(C)CCc1nc(CCC(C)C)n(Cc2ccc(Cc3ccccc3-c3nnn[nH]3)cc2)n1. The molecule has 4 aromatic rings. The maximum Gasteiger partial charge on any atom is 0.179 e. The highest BCUT2D eigenvalue weighted by Crippen LogP contribution is 2.22. The summed E-state index contributed by atoms with van der Waals surface area (Å²) in [6.07, 6.45) is 4.98.